The summed E-state index contributed by atoms with van der Waals surface area (Å²) < 4.78 is 6.86. The minimum absolute atomic E-state index is 0.00212. The smallest absolute Gasteiger partial charge is 0.191 e. The molecule has 25 heavy (non-hydrogen) atoms. The van der Waals surface area contributed by atoms with Gasteiger partial charge in [-0.1, -0.05) is 29.8 Å². The Balaban J connectivity index is 1.72. The first kappa shape index (κ1) is 19.5. The van der Waals surface area contributed by atoms with Gasteiger partial charge >= 0.3 is 0 Å². The number of ether oxygens (including phenoxy) is 1. The lowest BCUT2D eigenvalue weighted by Crippen LogP contribution is -2.42. The highest BCUT2D eigenvalue weighted by Crippen LogP contribution is 2.24. The Bertz CT molecular complexity index is 694. The normalized spacial score (nSPS) is 12.6. The lowest BCUT2D eigenvalue weighted by molar-refractivity contribution is 0.222. The standard InChI is InChI=1S/C18H22BrClN4O/c1-13(25-16-6-4-3-5-15(16)19)11-24-18(21-2)22-10-9-14-7-8-17(20)23-12-14/h3-8,12-13H,9-11H2,1-2H3,(H2,21,22,24). The first-order valence-electron chi connectivity index (χ1n) is 8.04. The zero-order valence-corrected chi connectivity index (χ0v) is 16.6. The highest BCUT2D eigenvalue weighted by Gasteiger charge is 2.07. The Morgan fingerprint density at radius 3 is 2.76 bits per heavy atom. The van der Waals surface area contributed by atoms with Gasteiger partial charge in [-0.25, -0.2) is 4.98 Å². The molecule has 134 valence electrons. The number of halogens is 2. The molecule has 0 aliphatic heterocycles. The van der Waals surface area contributed by atoms with Crippen molar-refractivity contribution in [1.29, 1.82) is 0 Å². The minimum atomic E-state index is -0.00212. The average molecular weight is 426 g/mol. The lowest BCUT2D eigenvalue weighted by Gasteiger charge is -2.18. The number of aromatic nitrogens is 1. The Labute approximate surface area is 162 Å². The van der Waals surface area contributed by atoms with Crippen LogP contribution in [0.2, 0.25) is 5.15 Å². The molecule has 0 saturated carbocycles. The van der Waals surface area contributed by atoms with Gasteiger partial charge in [0.25, 0.3) is 0 Å². The van der Waals surface area contributed by atoms with Crippen molar-refractivity contribution in [2.75, 3.05) is 20.1 Å². The summed E-state index contributed by atoms with van der Waals surface area (Å²) in [5.41, 5.74) is 1.12. The summed E-state index contributed by atoms with van der Waals surface area (Å²) in [5.74, 6) is 1.57. The van der Waals surface area contributed by atoms with E-state index < -0.39 is 0 Å². The van der Waals surface area contributed by atoms with Crippen molar-refractivity contribution in [2.45, 2.75) is 19.4 Å². The van der Waals surface area contributed by atoms with Crippen LogP contribution < -0.4 is 15.4 Å². The molecular formula is C18H22BrClN4O. The van der Waals surface area contributed by atoms with E-state index in [0.29, 0.717) is 11.7 Å². The SMILES string of the molecule is CN=C(NCCc1ccc(Cl)nc1)NCC(C)Oc1ccccc1Br. The Kier molecular flexibility index (Phi) is 8.01. The van der Waals surface area contributed by atoms with Gasteiger partial charge in [-0.3, -0.25) is 4.99 Å². The fourth-order valence-corrected chi connectivity index (χ4v) is 2.63. The Morgan fingerprint density at radius 1 is 1.28 bits per heavy atom. The third kappa shape index (κ3) is 6.92. The highest BCUT2D eigenvalue weighted by atomic mass is 79.9. The molecule has 2 rings (SSSR count). The number of pyridine rings is 1. The summed E-state index contributed by atoms with van der Waals surface area (Å²) in [4.78, 5) is 8.30. The van der Waals surface area contributed by atoms with Gasteiger partial charge in [-0.2, -0.15) is 0 Å². The molecule has 1 aromatic carbocycles. The number of para-hydroxylation sites is 1. The van der Waals surface area contributed by atoms with Crippen LogP contribution in [-0.4, -0.2) is 37.2 Å². The quantitative estimate of drug-likeness (QED) is 0.404. The van der Waals surface area contributed by atoms with Crippen LogP contribution in [0.5, 0.6) is 5.75 Å². The Hall–Kier alpha value is -1.79. The molecule has 7 heteroatoms. The van der Waals surface area contributed by atoms with Crippen molar-refractivity contribution in [2.24, 2.45) is 4.99 Å². The molecule has 0 bridgehead atoms. The first-order chi connectivity index (χ1) is 12.1. The van der Waals surface area contributed by atoms with Gasteiger partial charge in [-0.15, -0.1) is 0 Å². The van der Waals surface area contributed by atoms with Crippen molar-refractivity contribution in [3.63, 3.8) is 0 Å². The molecule has 0 spiro atoms. The van der Waals surface area contributed by atoms with E-state index in [1.807, 2.05) is 37.3 Å². The second-order valence-electron chi connectivity index (χ2n) is 5.48. The molecule has 0 aliphatic carbocycles. The molecule has 1 unspecified atom stereocenters. The third-order valence-electron chi connectivity index (χ3n) is 3.44. The van der Waals surface area contributed by atoms with Crippen LogP contribution >= 0.6 is 27.5 Å². The summed E-state index contributed by atoms with van der Waals surface area (Å²) in [6, 6.07) is 11.6. The fraction of sp³-hybridized carbons (Fsp3) is 0.333. The number of nitrogens with zero attached hydrogens (tertiary/aromatic N) is 2. The lowest BCUT2D eigenvalue weighted by atomic mass is 10.2. The van der Waals surface area contributed by atoms with E-state index in [-0.39, 0.29) is 6.10 Å². The zero-order chi connectivity index (χ0) is 18.1. The third-order valence-corrected chi connectivity index (χ3v) is 4.32. The molecule has 5 nitrogen and oxygen atoms in total. The van der Waals surface area contributed by atoms with Crippen molar-refractivity contribution in [1.82, 2.24) is 15.6 Å². The van der Waals surface area contributed by atoms with Gasteiger partial charge in [-0.05, 0) is 53.0 Å². The van der Waals surface area contributed by atoms with Crippen LogP contribution in [0.25, 0.3) is 0 Å². The number of aliphatic imine (C=N–C) groups is 1. The fourth-order valence-electron chi connectivity index (χ4n) is 2.14. The molecular weight excluding hydrogens is 404 g/mol. The molecule has 1 aromatic heterocycles. The summed E-state index contributed by atoms with van der Waals surface area (Å²) in [7, 11) is 1.75. The van der Waals surface area contributed by atoms with Crippen molar-refractivity contribution in [3.05, 3.63) is 57.8 Å². The summed E-state index contributed by atoms with van der Waals surface area (Å²) in [6.07, 6.45) is 2.62. The largest absolute Gasteiger partial charge is 0.488 e. The highest BCUT2D eigenvalue weighted by molar-refractivity contribution is 9.10. The predicted octanol–water partition coefficient (Wildman–Crippen LogP) is 3.67. The maximum Gasteiger partial charge on any atom is 0.191 e. The van der Waals surface area contributed by atoms with Crippen molar-refractivity contribution in [3.8, 4) is 5.75 Å². The summed E-state index contributed by atoms with van der Waals surface area (Å²) in [5, 5.41) is 7.05. The van der Waals surface area contributed by atoms with E-state index in [2.05, 4.69) is 36.5 Å². The van der Waals surface area contributed by atoms with Crippen molar-refractivity contribution >= 4 is 33.5 Å². The number of hydrogen-bond acceptors (Lipinski definition) is 3. The second kappa shape index (κ2) is 10.3. The van der Waals surface area contributed by atoms with Gasteiger partial charge in [0.15, 0.2) is 5.96 Å². The molecule has 0 saturated heterocycles. The first-order valence-corrected chi connectivity index (χ1v) is 9.21. The summed E-state index contributed by atoms with van der Waals surface area (Å²) in [6.45, 7) is 3.41. The molecule has 0 radical (unpaired) electrons. The van der Waals surface area contributed by atoms with E-state index >= 15 is 0 Å². The van der Waals surface area contributed by atoms with Crippen LogP contribution in [-0.2, 0) is 6.42 Å². The van der Waals surface area contributed by atoms with Crippen LogP contribution in [0.1, 0.15) is 12.5 Å². The van der Waals surface area contributed by atoms with E-state index in [9.17, 15) is 0 Å². The molecule has 1 heterocycles. The number of rotatable bonds is 7. The predicted molar refractivity (Wildman–Crippen MR) is 107 cm³/mol. The molecule has 0 amide bonds. The summed E-state index contributed by atoms with van der Waals surface area (Å²) >= 11 is 9.27. The van der Waals surface area contributed by atoms with E-state index in [1.54, 1.807) is 19.3 Å². The minimum Gasteiger partial charge on any atom is -0.488 e. The van der Waals surface area contributed by atoms with Crippen LogP contribution in [0.3, 0.4) is 0 Å². The Morgan fingerprint density at radius 2 is 2.08 bits per heavy atom. The van der Waals surface area contributed by atoms with Gasteiger partial charge in [0, 0.05) is 19.8 Å². The van der Waals surface area contributed by atoms with Gasteiger partial charge in [0.2, 0.25) is 0 Å². The molecule has 1 atom stereocenters. The molecule has 0 aliphatic rings. The number of benzene rings is 1. The second-order valence-corrected chi connectivity index (χ2v) is 6.72. The number of nitrogens with one attached hydrogen (secondary N) is 2. The van der Waals surface area contributed by atoms with Crippen molar-refractivity contribution < 1.29 is 4.74 Å². The van der Waals surface area contributed by atoms with Gasteiger partial charge in [0.05, 0.1) is 11.0 Å². The van der Waals surface area contributed by atoms with E-state index in [1.165, 1.54) is 0 Å². The molecule has 2 aromatic rings. The van der Waals surface area contributed by atoms with E-state index in [0.717, 1.165) is 34.7 Å². The van der Waals surface area contributed by atoms with Gasteiger partial charge in [0.1, 0.15) is 17.0 Å². The van der Waals surface area contributed by atoms with Crippen LogP contribution in [0.15, 0.2) is 52.1 Å². The zero-order valence-electron chi connectivity index (χ0n) is 14.3. The topological polar surface area (TPSA) is 58.5 Å². The van der Waals surface area contributed by atoms with Crippen LogP contribution in [0, 0.1) is 0 Å². The number of hydrogen-bond donors (Lipinski definition) is 2. The maximum absolute atomic E-state index is 5.91. The maximum atomic E-state index is 5.91. The van der Waals surface area contributed by atoms with E-state index in [4.69, 9.17) is 16.3 Å². The molecule has 0 fully saturated rings. The number of guanidine groups is 1. The average Bonchev–Trinajstić information content (AvgIpc) is 2.61. The van der Waals surface area contributed by atoms with Crippen LogP contribution in [0.4, 0.5) is 0 Å². The molecule has 2 N–H and O–H groups in total. The van der Waals surface area contributed by atoms with Gasteiger partial charge < -0.3 is 15.4 Å². The monoisotopic (exact) mass is 424 g/mol.